The monoisotopic (exact) mass is 418 g/mol. The second kappa shape index (κ2) is 10.9. The number of aliphatic hydroxyl groups excluding tert-OH is 1. The summed E-state index contributed by atoms with van der Waals surface area (Å²) >= 11 is 0. The summed E-state index contributed by atoms with van der Waals surface area (Å²) in [6.45, 7) is 10.4. The summed E-state index contributed by atoms with van der Waals surface area (Å²) in [6.07, 6.45) is 0.396. The molecule has 29 heavy (non-hydrogen) atoms. The number of hydrogen-bond acceptors (Lipinski definition) is 7. The Labute approximate surface area is 172 Å². The average Bonchev–Trinajstić information content (AvgIpc) is 2.56. The maximum absolute atomic E-state index is 12.6. The molecule has 0 aromatic heterocycles. The van der Waals surface area contributed by atoms with Crippen LogP contribution in [0.15, 0.2) is 0 Å². The molecule has 0 aliphatic heterocycles. The molecule has 0 rings (SSSR count). The molecule has 0 spiro atoms. The lowest BCUT2D eigenvalue weighted by Crippen LogP contribution is -2.72. The van der Waals surface area contributed by atoms with Crippen LogP contribution in [0.5, 0.6) is 0 Å². The van der Waals surface area contributed by atoms with E-state index in [2.05, 4.69) is 16.0 Å². The molecular formula is C19H38N4O6. The van der Waals surface area contributed by atoms with Crippen LogP contribution in [0.2, 0.25) is 0 Å². The molecule has 10 nitrogen and oxygen atoms in total. The summed E-state index contributed by atoms with van der Waals surface area (Å²) < 4.78 is 0. The molecular weight excluding hydrogens is 380 g/mol. The lowest BCUT2D eigenvalue weighted by Gasteiger charge is -2.44. The molecule has 10 heteroatoms. The van der Waals surface area contributed by atoms with Gasteiger partial charge in [0, 0.05) is 6.92 Å². The topological polar surface area (TPSA) is 174 Å². The fraction of sp³-hybridized carbons (Fsp3) is 0.842. The number of hydrogen-bond donors (Lipinski definition) is 7. The minimum Gasteiger partial charge on any atom is -0.394 e. The maximum Gasteiger partial charge on any atom is 0.243 e. The predicted molar refractivity (Wildman–Crippen MR) is 108 cm³/mol. The van der Waals surface area contributed by atoms with E-state index in [1.54, 1.807) is 13.8 Å². The Morgan fingerprint density at radius 2 is 1.48 bits per heavy atom. The summed E-state index contributed by atoms with van der Waals surface area (Å²) in [5, 5.41) is 37.9. The van der Waals surface area contributed by atoms with Crippen molar-refractivity contribution in [1.82, 2.24) is 16.0 Å². The first-order valence-electron chi connectivity index (χ1n) is 9.79. The Balaban J connectivity index is 5.30. The Bertz CT molecular complexity index is 577. The maximum atomic E-state index is 12.6. The first kappa shape index (κ1) is 27.2. The number of carbonyl (C=O) groups excluding carboxylic acids is 3. The van der Waals surface area contributed by atoms with Crippen LogP contribution in [0, 0.1) is 11.8 Å². The van der Waals surface area contributed by atoms with E-state index in [1.807, 2.05) is 13.8 Å². The van der Waals surface area contributed by atoms with Gasteiger partial charge in [0.15, 0.2) is 0 Å². The number of nitrogens with two attached hydrogens (primary N) is 1. The van der Waals surface area contributed by atoms with Crippen LogP contribution in [0.1, 0.15) is 54.9 Å². The van der Waals surface area contributed by atoms with E-state index in [-0.39, 0.29) is 11.8 Å². The van der Waals surface area contributed by atoms with Crippen molar-refractivity contribution < 1.29 is 29.7 Å². The summed E-state index contributed by atoms with van der Waals surface area (Å²) in [5.74, 6) is -4.46. The van der Waals surface area contributed by atoms with Crippen molar-refractivity contribution in [2.24, 2.45) is 17.6 Å². The predicted octanol–water partition coefficient (Wildman–Crippen LogP) is -1.43. The molecule has 8 N–H and O–H groups in total. The van der Waals surface area contributed by atoms with Crippen LogP contribution < -0.4 is 21.7 Å². The molecule has 0 bridgehead atoms. The average molecular weight is 419 g/mol. The summed E-state index contributed by atoms with van der Waals surface area (Å²) in [4.78, 5) is 36.4. The quantitative estimate of drug-likeness (QED) is 0.201. The lowest BCUT2D eigenvalue weighted by molar-refractivity contribution is -0.238. The van der Waals surface area contributed by atoms with E-state index in [0.29, 0.717) is 6.42 Å². The van der Waals surface area contributed by atoms with Crippen LogP contribution in [0.4, 0.5) is 0 Å². The lowest BCUT2D eigenvalue weighted by atomic mass is 9.82. The molecule has 0 saturated carbocycles. The smallest absolute Gasteiger partial charge is 0.243 e. The highest BCUT2D eigenvalue weighted by atomic mass is 16.5. The Kier molecular flexibility index (Phi) is 10.2. The second-order valence-electron chi connectivity index (χ2n) is 8.64. The SMILES string of the molecule is CC(=O)N[C@@H](CC(C)C)C(=O)N[C@@H](C)C(=O)N[C@@H](C(C)C)C(O)(O)[C@@](C)(N)CO. The molecule has 0 aromatic rings. The van der Waals surface area contributed by atoms with Gasteiger partial charge in [-0.3, -0.25) is 14.4 Å². The molecule has 0 radical (unpaired) electrons. The van der Waals surface area contributed by atoms with Gasteiger partial charge in [0.1, 0.15) is 12.1 Å². The van der Waals surface area contributed by atoms with Crippen LogP contribution in [0.3, 0.4) is 0 Å². The van der Waals surface area contributed by atoms with Crippen molar-refractivity contribution in [3.63, 3.8) is 0 Å². The van der Waals surface area contributed by atoms with Crippen molar-refractivity contribution in [3.8, 4) is 0 Å². The zero-order chi connectivity index (χ0) is 23.2. The third-order valence-electron chi connectivity index (χ3n) is 4.72. The first-order valence-corrected chi connectivity index (χ1v) is 9.79. The van der Waals surface area contributed by atoms with E-state index >= 15 is 0 Å². The summed E-state index contributed by atoms with van der Waals surface area (Å²) in [6, 6.07) is -3.01. The van der Waals surface area contributed by atoms with Crippen molar-refractivity contribution >= 4 is 17.7 Å². The summed E-state index contributed by atoms with van der Waals surface area (Å²) in [7, 11) is 0. The number of amides is 3. The van der Waals surface area contributed by atoms with Crippen LogP contribution in [-0.2, 0) is 14.4 Å². The fourth-order valence-corrected chi connectivity index (χ4v) is 2.81. The zero-order valence-electron chi connectivity index (χ0n) is 18.4. The highest BCUT2D eigenvalue weighted by Crippen LogP contribution is 2.25. The van der Waals surface area contributed by atoms with Gasteiger partial charge in [0.25, 0.3) is 0 Å². The number of nitrogens with one attached hydrogen (secondary N) is 3. The van der Waals surface area contributed by atoms with Gasteiger partial charge in [-0.2, -0.15) is 0 Å². The number of rotatable bonds is 11. The Morgan fingerprint density at radius 1 is 0.966 bits per heavy atom. The molecule has 0 saturated heterocycles. The zero-order valence-corrected chi connectivity index (χ0v) is 18.4. The highest BCUT2D eigenvalue weighted by Gasteiger charge is 2.50. The minimum absolute atomic E-state index is 0.136. The minimum atomic E-state index is -2.61. The van der Waals surface area contributed by atoms with E-state index < -0.39 is 53.8 Å². The standard InChI is InChI=1S/C19H38N4O6/c1-10(2)8-14(22-13(6)25)17(27)21-12(5)16(26)23-15(11(3)4)19(28,29)18(7,20)9-24/h10-12,14-15,24,28-29H,8-9,20H2,1-7H3,(H,21,27)(H,22,25)(H,23,26)/t12-,14-,15-,18-/m0/s1. The Morgan fingerprint density at radius 3 is 1.86 bits per heavy atom. The van der Waals surface area contributed by atoms with Gasteiger partial charge < -0.3 is 37.0 Å². The van der Waals surface area contributed by atoms with Gasteiger partial charge in [0.05, 0.1) is 18.2 Å². The molecule has 0 aromatic carbocycles. The normalized spacial score (nSPS) is 17.3. The van der Waals surface area contributed by atoms with Crippen LogP contribution >= 0.6 is 0 Å². The van der Waals surface area contributed by atoms with Crippen molar-refractivity contribution in [3.05, 3.63) is 0 Å². The molecule has 170 valence electrons. The molecule has 0 fully saturated rings. The first-order chi connectivity index (χ1) is 13.1. The third kappa shape index (κ3) is 7.88. The van der Waals surface area contributed by atoms with Crippen LogP contribution in [-0.4, -0.2) is 69.1 Å². The van der Waals surface area contributed by atoms with E-state index in [1.165, 1.54) is 20.8 Å². The Hall–Kier alpha value is -1.75. The summed E-state index contributed by atoms with van der Waals surface area (Å²) in [5.41, 5.74) is 3.99. The molecule has 0 aliphatic carbocycles. The van der Waals surface area contributed by atoms with Gasteiger partial charge in [-0.1, -0.05) is 27.7 Å². The molecule has 3 amide bonds. The second-order valence-corrected chi connectivity index (χ2v) is 8.64. The van der Waals surface area contributed by atoms with E-state index in [4.69, 9.17) is 5.73 Å². The van der Waals surface area contributed by atoms with Gasteiger partial charge in [-0.25, -0.2) is 0 Å². The highest BCUT2D eigenvalue weighted by molar-refractivity contribution is 5.91. The van der Waals surface area contributed by atoms with Crippen molar-refractivity contribution in [2.45, 2.75) is 84.3 Å². The van der Waals surface area contributed by atoms with Gasteiger partial charge >= 0.3 is 0 Å². The van der Waals surface area contributed by atoms with Gasteiger partial charge in [0.2, 0.25) is 23.5 Å². The molecule has 0 unspecified atom stereocenters. The van der Waals surface area contributed by atoms with E-state index in [9.17, 15) is 29.7 Å². The number of aliphatic hydroxyl groups is 3. The molecule has 4 atom stereocenters. The van der Waals surface area contributed by atoms with E-state index in [0.717, 1.165) is 0 Å². The number of carbonyl (C=O) groups is 3. The van der Waals surface area contributed by atoms with Gasteiger partial charge in [-0.05, 0) is 32.1 Å². The largest absolute Gasteiger partial charge is 0.394 e. The van der Waals surface area contributed by atoms with Crippen molar-refractivity contribution in [1.29, 1.82) is 0 Å². The fourth-order valence-electron chi connectivity index (χ4n) is 2.81. The third-order valence-corrected chi connectivity index (χ3v) is 4.72. The van der Waals surface area contributed by atoms with Crippen molar-refractivity contribution in [2.75, 3.05) is 6.61 Å². The van der Waals surface area contributed by atoms with Crippen LogP contribution in [0.25, 0.3) is 0 Å². The molecule has 0 heterocycles. The molecule has 0 aliphatic rings. The van der Waals surface area contributed by atoms with Gasteiger partial charge in [-0.15, -0.1) is 0 Å².